The number of pyridine rings is 1. The largest absolute Gasteiger partial charge is 0.492 e. The van der Waals surface area contributed by atoms with Crippen molar-refractivity contribution in [3.63, 3.8) is 0 Å². The van der Waals surface area contributed by atoms with E-state index in [-0.39, 0.29) is 11.8 Å². The second-order valence-electron chi connectivity index (χ2n) is 6.19. The number of ether oxygens (including phenoxy) is 1. The van der Waals surface area contributed by atoms with Gasteiger partial charge in [-0.15, -0.1) is 0 Å². The molecule has 21 heavy (non-hydrogen) atoms. The fourth-order valence-electron chi connectivity index (χ4n) is 2.66. The first kappa shape index (κ1) is 14.3. The number of aryl methyl sites for hydroxylation is 1. The molecular formula is C16H23N3O2. The van der Waals surface area contributed by atoms with E-state index in [4.69, 9.17) is 4.74 Å². The summed E-state index contributed by atoms with van der Waals surface area (Å²) >= 11 is 0. The van der Waals surface area contributed by atoms with Gasteiger partial charge >= 0.3 is 0 Å². The minimum atomic E-state index is 0.0732. The van der Waals surface area contributed by atoms with Crippen LogP contribution in [-0.2, 0) is 4.79 Å². The Kier molecular flexibility index (Phi) is 4.39. The van der Waals surface area contributed by atoms with Crippen molar-refractivity contribution in [2.24, 2.45) is 11.8 Å². The van der Waals surface area contributed by atoms with Crippen LogP contribution in [0.15, 0.2) is 18.3 Å². The van der Waals surface area contributed by atoms with Crippen molar-refractivity contribution in [3.05, 3.63) is 24.0 Å². The lowest BCUT2D eigenvalue weighted by Crippen LogP contribution is -2.45. The van der Waals surface area contributed by atoms with E-state index in [1.807, 2.05) is 19.1 Å². The first-order valence-corrected chi connectivity index (χ1v) is 7.77. The number of rotatable bonds is 5. The van der Waals surface area contributed by atoms with Crippen LogP contribution in [0.5, 0.6) is 5.75 Å². The van der Waals surface area contributed by atoms with E-state index in [0.29, 0.717) is 18.6 Å². The molecule has 0 spiro atoms. The van der Waals surface area contributed by atoms with Gasteiger partial charge in [0.25, 0.3) is 0 Å². The van der Waals surface area contributed by atoms with Gasteiger partial charge in [-0.1, -0.05) is 0 Å². The van der Waals surface area contributed by atoms with Crippen LogP contribution in [0.4, 0.5) is 0 Å². The van der Waals surface area contributed by atoms with E-state index in [0.717, 1.165) is 43.8 Å². The standard InChI is InChI=1S/C16H23N3O2/c1-11-2-5-15(9-18-11)21-10-12-6-13(8-17-7-12)16(20)19-14-3-4-14/h2,5,9,12-14,17H,3-4,6-8,10H2,1H3,(H,19,20)/t12-,13+/m0/s1. The molecule has 5 nitrogen and oxygen atoms in total. The molecule has 1 amide bonds. The minimum absolute atomic E-state index is 0.0732. The molecular weight excluding hydrogens is 266 g/mol. The van der Waals surface area contributed by atoms with Crippen LogP contribution >= 0.6 is 0 Å². The van der Waals surface area contributed by atoms with Crippen LogP contribution in [-0.4, -0.2) is 36.6 Å². The lowest BCUT2D eigenvalue weighted by atomic mass is 9.90. The number of aromatic nitrogens is 1. The first-order valence-electron chi connectivity index (χ1n) is 7.77. The van der Waals surface area contributed by atoms with Gasteiger partial charge in [-0.3, -0.25) is 9.78 Å². The Balaban J connectivity index is 1.46. The quantitative estimate of drug-likeness (QED) is 0.857. The molecule has 0 bridgehead atoms. The first-order chi connectivity index (χ1) is 10.2. The number of amides is 1. The van der Waals surface area contributed by atoms with Gasteiger partial charge in [0.2, 0.25) is 5.91 Å². The van der Waals surface area contributed by atoms with Crippen molar-refractivity contribution < 1.29 is 9.53 Å². The highest BCUT2D eigenvalue weighted by Crippen LogP contribution is 2.22. The summed E-state index contributed by atoms with van der Waals surface area (Å²) in [7, 11) is 0. The zero-order valence-electron chi connectivity index (χ0n) is 12.5. The number of hydrogen-bond acceptors (Lipinski definition) is 4. The summed E-state index contributed by atoms with van der Waals surface area (Å²) in [5.74, 6) is 1.44. The number of piperidine rings is 1. The molecule has 1 aromatic rings. The SMILES string of the molecule is Cc1ccc(OC[C@@H]2CNC[C@H](C(=O)NC3CC3)C2)cn1. The molecule has 0 aromatic carbocycles. The van der Waals surface area contributed by atoms with Crippen molar-refractivity contribution in [1.29, 1.82) is 0 Å². The highest BCUT2D eigenvalue weighted by Gasteiger charge is 2.31. The van der Waals surface area contributed by atoms with Crippen molar-refractivity contribution in [3.8, 4) is 5.75 Å². The number of nitrogens with one attached hydrogen (secondary N) is 2. The van der Waals surface area contributed by atoms with Gasteiger partial charge in [-0.25, -0.2) is 0 Å². The zero-order chi connectivity index (χ0) is 14.7. The van der Waals surface area contributed by atoms with Gasteiger partial charge < -0.3 is 15.4 Å². The monoisotopic (exact) mass is 289 g/mol. The van der Waals surface area contributed by atoms with E-state index in [1.54, 1.807) is 6.20 Å². The second kappa shape index (κ2) is 6.43. The smallest absolute Gasteiger partial charge is 0.224 e. The third kappa shape index (κ3) is 4.17. The topological polar surface area (TPSA) is 63.2 Å². The summed E-state index contributed by atoms with van der Waals surface area (Å²) in [4.78, 5) is 16.3. The Morgan fingerprint density at radius 2 is 2.29 bits per heavy atom. The summed E-state index contributed by atoms with van der Waals surface area (Å²) in [6, 6.07) is 4.32. The van der Waals surface area contributed by atoms with Gasteiger partial charge in [0.15, 0.2) is 0 Å². The molecule has 1 saturated carbocycles. The molecule has 114 valence electrons. The van der Waals surface area contributed by atoms with Crippen LogP contribution in [0.3, 0.4) is 0 Å². The summed E-state index contributed by atoms with van der Waals surface area (Å²) in [6.45, 7) is 4.27. The highest BCUT2D eigenvalue weighted by atomic mass is 16.5. The van der Waals surface area contributed by atoms with E-state index in [2.05, 4.69) is 15.6 Å². The molecule has 1 aliphatic heterocycles. The zero-order valence-corrected chi connectivity index (χ0v) is 12.5. The van der Waals surface area contributed by atoms with Gasteiger partial charge in [0.05, 0.1) is 18.7 Å². The minimum Gasteiger partial charge on any atom is -0.492 e. The van der Waals surface area contributed by atoms with Crippen LogP contribution in [0.2, 0.25) is 0 Å². The molecule has 0 unspecified atom stereocenters. The van der Waals surface area contributed by atoms with Crippen LogP contribution < -0.4 is 15.4 Å². The molecule has 3 rings (SSSR count). The molecule has 5 heteroatoms. The maximum atomic E-state index is 12.1. The number of carbonyl (C=O) groups excluding carboxylic acids is 1. The predicted molar refractivity (Wildman–Crippen MR) is 80.1 cm³/mol. The third-order valence-electron chi connectivity index (χ3n) is 4.11. The average molecular weight is 289 g/mol. The Morgan fingerprint density at radius 1 is 1.43 bits per heavy atom. The van der Waals surface area contributed by atoms with Crippen LogP contribution in [0, 0.1) is 18.8 Å². The Hall–Kier alpha value is -1.62. The van der Waals surface area contributed by atoms with Gasteiger partial charge in [0.1, 0.15) is 5.75 Å². The van der Waals surface area contributed by atoms with Gasteiger partial charge in [-0.2, -0.15) is 0 Å². The summed E-state index contributed by atoms with van der Waals surface area (Å²) in [5.41, 5.74) is 0.985. The lowest BCUT2D eigenvalue weighted by molar-refractivity contribution is -0.126. The van der Waals surface area contributed by atoms with E-state index in [9.17, 15) is 4.79 Å². The lowest BCUT2D eigenvalue weighted by Gasteiger charge is -2.29. The fourth-order valence-corrected chi connectivity index (χ4v) is 2.66. The van der Waals surface area contributed by atoms with Crippen molar-refractivity contribution in [2.75, 3.05) is 19.7 Å². The van der Waals surface area contributed by atoms with E-state index >= 15 is 0 Å². The predicted octanol–water partition coefficient (Wildman–Crippen LogP) is 1.27. The maximum absolute atomic E-state index is 12.1. The molecule has 1 aromatic heterocycles. The number of nitrogens with zero attached hydrogens (tertiary/aromatic N) is 1. The number of carbonyl (C=O) groups is 1. The Morgan fingerprint density at radius 3 is 3.00 bits per heavy atom. The molecule has 2 N–H and O–H groups in total. The van der Waals surface area contributed by atoms with Gasteiger partial charge in [-0.05, 0) is 38.3 Å². The molecule has 0 radical (unpaired) electrons. The third-order valence-corrected chi connectivity index (χ3v) is 4.11. The summed E-state index contributed by atoms with van der Waals surface area (Å²) < 4.78 is 5.79. The van der Waals surface area contributed by atoms with Crippen molar-refractivity contribution in [1.82, 2.24) is 15.6 Å². The normalized spacial score (nSPS) is 25.4. The second-order valence-corrected chi connectivity index (χ2v) is 6.19. The van der Waals surface area contributed by atoms with Crippen LogP contribution in [0.1, 0.15) is 25.0 Å². The highest BCUT2D eigenvalue weighted by molar-refractivity contribution is 5.79. The number of hydrogen-bond donors (Lipinski definition) is 2. The molecule has 2 heterocycles. The average Bonchev–Trinajstić information content (AvgIpc) is 3.31. The molecule has 1 saturated heterocycles. The summed E-state index contributed by atoms with van der Waals surface area (Å²) in [5, 5.41) is 6.44. The maximum Gasteiger partial charge on any atom is 0.224 e. The Bertz CT molecular complexity index is 485. The molecule has 2 atom stereocenters. The van der Waals surface area contributed by atoms with E-state index < -0.39 is 0 Å². The molecule has 2 fully saturated rings. The fraction of sp³-hybridized carbons (Fsp3) is 0.625. The molecule has 1 aliphatic carbocycles. The van der Waals surface area contributed by atoms with Crippen molar-refractivity contribution >= 4 is 5.91 Å². The van der Waals surface area contributed by atoms with Crippen LogP contribution in [0.25, 0.3) is 0 Å². The van der Waals surface area contributed by atoms with Gasteiger partial charge in [0, 0.05) is 30.7 Å². The molecule has 2 aliphatic rings. The van der Waals surface area contributed by atoms with Crippen molar-refractivity contribution in [2.45, 2.75) is 32.2 Å². The Labute approximate surface area is 125 Å². The summed E-state index contributed by atoms with van der Waals surface area (Å²) in [6.07, 6.45) is 4.92. The van der Waals surface area contributed by atoms with E-state index in [1.165, 1.54) is 0 Å².